The molecule has 0 bridgehead atoms. The summed E-state index contributed by atoms with van der Waals surface area (Å²) in [4.78, 5) is 0. The number of rotatable bonds is 4. The van der Waals surface area contributed by atoms with Gasteiger partial charge in [0.05, 0.1) is 30.1 Å². The largest absolute Gasteiger partial charge is 0.492 e. The van der Waals surface area contributed by atoms with Gasteiger partial charge in [-0.2, -0.15) is 10.4 Å². The Morgan fingerprint density at radius 2 is 2.39 bits per heavy atom. The third-order valence-electron chi connectivity index (χ3n) is 2.39. The van der Waals surface area contributed by atoms with Crippen LogP contribution in [-0.2, 0) is 0 Å². The zero-order chi connectivity index (χ0) is 13.0. The predicted octanol–water partition coefficient (Wildman–Crippen LogP) is 2.76. The van der Waals surface area contributed by atoms with E-state index in [1.807, 2.05) is 6.07 Å². The third-order valence-corrected chi connectivity index (χ3v) is 3.00. The van der Waals surface area contributed by atoms with Crippen LogP contribution in [0.4, 0.5) is 0 Å². The molecule has 90 valence electrons. The molecular weight excluding hydrogens is 294 g/mol. The maximum absolute atomic E-state index is 8.94. The van der Waals surface area contributed by atoms with E-state index in [1.165, 1.54) is 6.20 Å². The third kappa shape index (κ3) is 2.47. The van der Waals surface area contributed by atoms with Gasteiger partial charge in [0.1, 0.15) is 11.8 Å². The Bertz CT molecular complexity index is 649. The summed E-state index contributed by atoms with van der Waals surface area (Å²) in [6.07, 6.45) is 9.96. The van der Waals surface area contributed by atoms with Gasteiger partial charge in [-0.1, -0.05) is 0 Å². The van der Waals surface area contributed by atoms with E-state index in [0.717, 1.165) is 16.4 Å². The molecule has 0 aromatic carbocycles. The lowest BCUT2D eigenvalue weighted by molar-refractivity contribution is 0.311. The van der Waals surface area contributed by atoms with Crippen molar-refractivity contribution in [2.45, 2.75) is 12.8 Å². The highest BCUT2D eigenvalue weighted by molar-refractivity contribution is 9.10. The normalized spacial score (nSPS) is 9.94. The van der Waals surface area contributed by atoms with E-state index in [-0.39, 0.29) is 0 Å². The van der Waals surface area contributed by atoms with Crippen LogP contribution in [0.1, 0.15) is 18.4 Å². The Labute approximate surface area is 113 Å². The van der Waals surface area contributed by atoms with E-state index < -0.39 is 0 Å². The van der Waals surface area contributed by atoms with E-state index in [9.17, 15) is 0 Å². The molecule has 4 nitrogen and oxygen atoms in total. The molecule has 2 rings (SSSR count). The van der Waals surface area contributed by atoms with Crippen molar-refractivity contribution in [2.24, 2.45) is 0 Å². The Morgan fingerprint density at radius 1 is 1.56 bits per heavy atom. The first kappa shape index (κ1) is 12.5. The Balaban J connectivity index is 2.23. The molecule has 0 saturated carbocycles. The number of halogens is 1. The van der Waals surface area contributed by atoms with Crippen LogP contribution < -0.4 is 4.74 Å². The SMILES string of the molecule is C#CCCCOc1cc(Br)c2c(C#N)cnn2c1. The molecule has 0 saturated heterocycles. The number of fused-ring (bicyclic) bond motifs is 1. The second kappa shape index (κ2) is 5.57. The molecule has 0 fully saturated rings. The molecule has 0 N–H and O–H groups in total. The second-order valence-electron chi connectivity index (χ2n) is 3.64. The number of unbranched alkanes of at least 4 members (excludes halogenated alkanes) is 1. The average Bonchev–Trinajstić information content (AvgIpc) is 2.78. The maximum Gasteiger partial charge on any atom is 0.138 e. The van der Waals surface area contributed by atoms with Crippen LogP contribution in [0.2, 0.25) is 0 Å². The van der Waals surface area contributed by atoms with E-state index >= 15 is 0 Å². The first-order chi connectivity index (χ1) is 8.76. The molecule has 0 atom stereocenters. The molecular formula is C13H10BrN3O. The molecule has 0 aliphatic carbocycles. The van der Waals surface area contributed by atoms with Gasteiger partial charge >= 0.3 is 0 Å². The van der Waals surface area contributed by atoms with Gasteiger partial charge in [-0.05, 0) is 28.4 Å². The fourth-order valence-corrected chi connectivity index (χ4v) is 2.20. The molecule has 2 aromatic rings. The fraction of sp³-hybridized carbons (Fsp3) is 0.231. The highest BCUT2D eigenvalue weighted by atomic mass is 79.9. The van der Waals surface area contributed by atoms with Crippen molar-refractivity contribution in [1.29, 1.82) is 5.26 Å². The van der Waals surface area contributed by atoms with E-state index in [0.29, 0.717) is 24.3 Å². The number of nitriles is 1. The minimum absolute atomic E-state index is 0.528. The molecule has 0 aliphatic heterocycles. The number of terminal acetylenes is 1. The van der Waals surface area contributed by atoms with E-state index in [4.69, 9.17) is 16.4 Å². The molecule has 0 aliphatic rings. The average molecular weight is 304 g/mol. The first-order valence-electron chi connectivity index (χ1n) is 5.39. The standard InChI is InChI=1S/C13H10BrN3O/c1-2-3-4-5-18-11-6-12(14)13-10(7-15)8-16-17(13)9-11/h1,6,8-9H,3-5H2. The lowest BCUT2D eigenvalue weighted by Crippen LogP contribution is -1.99. The summed E-state index contributed by atoms with van der Waals surface area (Å²) in [5.74, 6) is 3.26. The number of hydrogen-bond acceptors (Lipinski definition) is 3. The summed E-state index contributed by atoms with van der Waals surface area (Å²) in [6, 6.07) is 3.92. The van der Waals surface area contributed by atoms with Gasteiger partial charge in [0.2, 0.25) is 0 Å². The number of nitrogens with zero attached hydrogens (tertiary/aromatic N) is 3. The Hall–Kier alpha value is -1.98. The van der Waals surface area contributed by atoms with Crippen LogP contribution in [0.25, 0.3) is 5.52 Å². The van der Waals surface area contributed by atoms with Crippen molar-refractivity contribution in [1.82, 2.24) is 9.61 Å². The molecule has 2 heterocycles. The van der Waals surface area contributed by atoms with Gasteiger partial charge in [0.25, 0.3) is 0 Å². The number of ether oxygens (including phenoxy) is 1. The lowest BCUT2D eigenvalue weighted by atomic mass is 10.3. The van der Waals surface area contributed by atoms with Crippen molar-refractivity contribution in [3.63, 3.8) is 0 Å². The summed E-state index contributed by atoms with van der Waals surface area (Å²) in [5, 5.41) is 13.1. The van der Waals surface area contributed by atoms with Gasteiger partial charge in [-0.3, -0.25) is 0 Å². The van der Waals surface area contributed by atoms with Crippen molar-refractivity contribution in [3.8, 4) is 24.2 Å². The van der Waals surface area contributed by atoms with Crippen LogP contribution in [0.3, 0.4) is 0 Å². The van der Waals surface area contributed by atoms with Crippen LogP contribution in [0.15, 0.2) is 22.9 Å². The van der Waals surface area contributed by atoms with Crippen molar-refractivity contribution in [2.75, 3.05) is 6.61 Å². The first-order valence-corrected chi connectivity index (χ1v) is 6.19. The summed E-state index contributed by atoms with van der Waals surface area (Å²) >= 11 is 3.42. The zero-order valence-corrected chi connectivity index (χ0v) is 11.1. The van der Waals surface area contributed by atoms with Crippen LogP contribution in [-0.4, -0.2) is 16.2 Å². The molecule has 0 spiro atoms. The summed E-state index contributed by atoms with van der Waals surface area (Å²) < 4.78 is 7.98. The minimum Gasteiger partial charge on any atom is -0.492 e. The van der Waals surface area contributed by atoms with Crippen molar-refractivity contribution >= 4 is 21.4 Å². The van der Waals surface area contributed by atoms with Gasteiger partial charge in [-0.15, -0.1) is 12.3 Å². The number of aromatic nitrogens is 2. The van der Waals surface area contributed by atoms with E-state index in [1.54, 1.807) is 10.7 Å². The summed E-state index contributed by atoms with van der Waals surface area (Å²) in [7, 11) is 0. The topological polar surface area (TPSA) is 50.3 Å². The van der Waals surface area contributed by atoms with Gasteiger partial charge in [0.15, 0.2) is 0 Å². The molecule has 0 unspecified atom stereocenters. The maximum atomic E-state index is 8.94. The highest BCUT2D eigenvalue weighted by Gasteiger charge is 2.09. The molecule has 0 amide bonds. The van der Waals surface area contributed by atoms with Gasteiger partial charge in [0, 0.05) is 10.9 Å². The summed E-state index contributed by atoms with van der Waals surface area (Å²) in [5.41, 5.74) is 1.27. The predicted molar refractivity (Wildman–Crippen MR) is 71.2 cm³/mol. The van der Waals surface area contributed by atoms with Gasteiger partial charge in [-0.25, -0.2) is 4.52 Å². The van der Waals surface area contributed by atoms with Gasteiger partial charge < -0.3 is 4.74 Å². The Kier molecular flexibility index (Phi) is 3.86. The number of pyridine rings is 1. The van der Waals surface area contributed by atoms with Crippen LogP contribution in [0.5, 0.6) is 5.75 Å². The second-order valence-corrected chi connectivity index (χ2v) is 4.50. The summed E-state index contributed by atoms with van der Waals surface area (Å²) in [6.45, 7) is 0.564. The minimum atomic E-state index is 0.528. The van der Waals surface area contributed by atoms with Crippen LogP contribution >= 0.6 is 15.9 Å². The quantitative estimate of drug-likeness (QED) is 0.644. The Morgan fingerprint density at radius 3 is 3.11 bits per heavy atom. The zero-order valence-electron chi connectivity index (χ0n) is 9.56. The lowest BCUT2D eigenvalue weighted by Gasteiger charge is -2.06. The fourth-order valence-electron chi connectivity index (χ4n) is 1.57. The molecule has 0 radical (unpaired) electrons. The smallest absolute Gasteiger partial charge is 0.138 e. The van der Waals surface area contributed by atoms with Crippen molar-refractivity contribution < 1.29 is 4.74 Å². The number of hydrogen-bond donors (Lipinski definition) is 0. The molecule has 5 heteroatoms. The highest BCUT2D eigenvalue weighted by Crippen LogP contribution is 2.26. The molecule has 18 heavy (non-hydrogen) atoms. The monoisotopic (exact) mass is 303 g/mol. The van der Waals surface area contributed by atoms with E-state index in [2.05, 4.69) is 33.0 Å². The molecule has 2 aromatic heterocycles. The van der Waals surface area contributed by atoms with Crippen LogP contribution in [0, 0.1) is 23.7 Å². The van der Waals surface area contributed by atoms with Crippen molar-refractivity contribution in [3.05, 3.63) is 28.5 Å².